The molecule has 3 heteroatoms. The normalized spacial score (nSPS) is 23.9. The average Bonchev–Trinajstić information content (AvgIpc) is 2.31. The molecule has 1 aromatic carbocycles. The topological polar surface area (TPSA) is 32.3 Å². The fourth-order valence-electron chi connectivity index (χ4n) is 2.24. The van der Waals surface area contributed by atoms with E-state index in [9.17, 15) is 4.79 Å². The first-order chi connectivity index (χ1) is 7.81. The van der Waals surface area contributed by atoms with Gasteiger partial charge in [-0.25, -0.2) is 0 Å². The van der Waals surface area contributed by atoms with Crippen molar-refractivity contribution in [2.24, 2.45) is 0 Å². The van der Waals surface area contributed by atoms with Crippen molar-refractivity contribution < 1.29 is 4.79 Å². The highest BCUT2D eigenvalue weighted by Gasteiger charge is 2.23. The third kappa shape index (κ3) is 2.49. The van der Waals surface area contributed by atoms with Gasteiger partial charge in [-0.05, 0) is 12.5 Å². The predicted octanol–water partition coefficient (Wildman–Crippen LogP) is 1.22. The van der Waals surface area contributed by atoms with E-state index in [1.807, 2.05) is 30.3 Å². The van der Waals surface area contributed by atoms with Gasteiger partial charge in [0.1, 0.15) is 6.29 Å². The summed E-state index contributed by atoms with van der Waals surface area (Å²) in [6, 6.07) is 10.4. The van der Waals surface area contributed by atoms with Gasteiger partial charge in [-0.15, -0.1) is 0 Å². The number of hydrogen-bond acceptors (Lipinski definition) is 3. The second kappa shape index (κ2) is 5.23. The number of carbonyl (C=O) groups excluding carboxylic acids is 1. The molecule has 0 aromatic heterocycles. The Bertz CT molecular complexity index is 339. The summed E-state index contributed by atoms with van der Waals surface area (Å²) in [5.41, 5.74) is 1.09. The van der Waals surface area contributed by atoms with Crippen molar-refractivity contribution in [3.8, 4) is 0 Å². The van der Waals surface area contributed by atoms with E-state index in [1.165, 1.54) is 0 Å². The van der Waals surface area contributed by atoms with Crippen molar-refractivity contribution in [2.45, 2.75) is 19.0 Å². The highest BCUT2D eigenvalue weighted by atomic mass is 16.1. The minimum atomic E-state index is -0.0919. The highest BCUT2D eigenvalue weighted by molar-refractivity contribution is 5.61. The number of rotatable bonds is 3. The van der Waals surface area contributed by atoms with Crippen LogP contribution in [-0.2, 0) is 4.79 Å². The maximum Gasteiger partial charge on any atom is 0.141 e. The smallest absolute Gasteiger partial charge is 0.141 e. The van der Waals surface area contributed by atoms with Crippen molar-refractivity contribution in [1.82, 2.24) is 10.2 Å². The van der Waals surface area contributed by atoms with Gasteiger partial charge in [-0.1, -0.05) is 30.3 Å². The molecule has 0 spiro atoms. The Hall–Kier alpha value is -1.19. The first kappa shape index (κ1) is 11.3. The van der Waals surface area contributed by atoms with E-state index in [4.69, 9.17) is 0 Å². The molecule has 1 aliphatic heterocycles. The van der Waals surface area contributed by atoms with Gasteiger partial charge in [-0.3, -0.25) is 4.90 Å². The summed E-state index contributed by atoms with van der Waals surface area (Å²) in [5, 5.41) is 3.38. The molecule has 1 saturated heterocycles. The van der Waals surface area contributed by atoms with Gasteiger partial charge in [0.05, 0.1) is 6.04 Å². The van der Waals surface area contributed by atoms with Crippen LogP contribution in [0.4, 0.5) is 0 Å². The molecular formula is C13H18N2O. The van der Waals surface area contributed by atoms with Gasteiger partial charge in [0.25, 0.3) is 0 Å². The van der Waals surface area contributed by atoms with Gasteiger partial charge < -0.3 is 10.1 Å². The third-order valence-electron chi connectivity index (χ3n) is 3.06. The van der Waals surface area contributed by atoms with Crippen LogP contribution in [0, 0.1) is 0 Å². The Kier molecular flexibility index (Phi) is 3.70. The minimum absolute atomic E-state index is 0.0919. The van der Waals surface area contributed by atoms with Crippen LogP contribution in [0.3, 0.4) is 0 Å². The van der Waals surface area contributed by atoms with Gasteiger partial charge in [0.2, 0.25) is 0 Å². The van der Waals surface area contributed by atoms with E-state index in [1.54, 1.807) is 0 Å². The number of aldehydes is 1. The zero-order valence-corrected chi connectivity index (χ0v) is 9.60. The van der Waals surface area contributed by atoms with Gasteiger partial charge in [0.15, 0.2) is 0 Å². The van der Waals surface area contributed by atoms with E-state index >= 15 is 0 Å². The van der Waals surface area contributed by atoms with E-state index < -0.39 is 0 Å². The van der Waals surface area contributed by atoms with Gasteiger partial charge in [-0.2, -0.15) is 0 Å². The number of hydrogen-bond donors (Lipinski definition) is 1. The molecule has 1 heterocycles. The van der Waals surface area contributed by atoms with Crippen LogP contribution in [0.25, 0.3) is 0 Å². The van der Waals surface area contributed by atoms with Gasteiger partial charge >= 0.3 is 0 Å². The Morgan fingerprint density at radius 2 is 2.19 bits per heavy atom. The molecular weight excluding hydrogens is 200 g/mol. The van der Waals surface area contributed by atoms with E-state index in [0.29, 0.717) is 6.04 Å². The highest BCUT2D eigenvalue weighted by Crippen LogP contribution is 2.19. The van der Waals surface area contributed by atoms with Crippen molar-refractivity contribution in [3.05, 3.63) is 35.9 Å². The Balaban J connectivity index is 2.13. The monoisotopic (exact) mass is 218 g/mol. The largest absolute Gasteiger partial charge is 0.312 e. The SMILES string of the molecule is C[C@@H]1CN([C@H](C=O)c2ccccc2)CCN1. The number of carbonyl (C=O) groups is 1. The quantitative estimate of drug-likeness (QED) is 0.774. The third-order valence-corrected chi connectivity index (χ3v) is 3.06. The Morgan fingerprint density at radius 1 is 1.44 bits per heavy atom. The molecule has 0 unspecified atom stereocenters. The lowest BCUT2D eigenvalue weighted by molar-refractivity contribution is -0.113. The van der Waals surface area contributed by atoms with Crippen LogP contribution in [0.2, 0.25) is 0 Å². The summed E-state index contributed by atoms with van der Waals surface area (Å²) in [5.74, 6) is 0. The Labute approximate surface area is 96.5 Å². The van der Waals surface area contributed by atoms with Crippen LogP contribution in [0.1, 0.15) is 18.5 Å². The summed E-state index contributed by atoms with van der Waals surface area (Å²) in [6.45, 7) is 4.97. The Morgan fingerprint density at radius 3 is 2.81 bits per heavy atom. The van der Waals surface area contributed by atoms with Crippen LogP contribution >= 0.6 is 0 Å². The summed E-state index contributed by atoms with van der Waals surface area (Å²) in [4.78, 5) is 13.5. The number of benzene rings is 1. The number of nitrogens with one attached hydrogen (secondary N) is 1. The molecule has 0 bridgehead atoms. The molecule has 2 rings (SSSR count). The lowest BCUT2D eigenvalue weighted by Gasteiger charge is -2.35. The summed E-state index contributed by atoms with van der Waals surface area (Å²) >= 11 is 0. The van der Waals surface area contributed by atoms with Gasteiger partial charge in [0, 0.05) is 25.7 Å². The van der Waals surface area contributed by atoms with E-state index in [2.05, 4.69) is 17.1 Å². The molecule has 1 fully saturated rings. The van der Waals surface area contributed by atoms with Crippen LogP contribution in [0.15, 0.2) is 30.3 Å². The molecule has 86 valence electrons. The average molecular weight is 218 g/mol. The van der Waals surface area contributed by atoms with Crippen molar-refractivity contribution in [2.75, 3.05) is 19.6 Å². The molecule has 3 nitrogen and oxygen atoms in total. The summed E-state index contributed by atoms with van der Waals surface area (Å²) in [7, 11) is 0. The molecule has 16 heavy (non-hydrogen) atoms. The van der Waals surface area contributed by atoms with Crippen LogP contribution in [-0.4, -0.2) is 36.9 Å². The minimum Gasteiger partial charge on any atom is -0.312 e. The maximum atomic E-state index is 11.2. The second-order valence-corrected chi connectivity index (χ2v) is 4.34. The van der Waals surface area contributed by atoms with Crippen LogP contribution in [0.5, 0.6) is 0 Å². The van der Waals surface area contributed by atoms with Crippen LogP contribution < -0.4 is 5.32 Å². The first-order valence-corrected chi connectivity index (χ1v) is 5.79. The summed E-state index contributed by atoms with van der Waals surface area (Å²) < 4.78 is 0. The molecule has 1 N–H and O–H groups in total. The molecule has 1 aromatic rings. The number of nitrogens with zero attached hydrogens (tertiary/aromatic N) is 1. The standard InChI is InChI=1S/C13H18N2O/c1-11-9-15(8-7-14-11)13(10-16)12-5-3-2-4-6-12/h2-6,10-11,13-14H,7-9H2,1H3/t11-,13-/m1/s1. The zero-order valence-electron chi connectivity index (χ0n) is 9.60. The number of piperazine rings is 1. The first-order valence-electron chi connectivity index (χ1n) is 5.79. The van der Waals surface area contributed by atoms with Crippen molar-refractivity contribution in [3.63, 3.8) is 0 Å². The summed E-state index contributed by atoms with van der Waals surface area (Å²) in [6.07, 6.45) is 1.05. The zero-order chi connectivity index (χ0) is 11.4. The molecule has 0 aliphatic carbocycles. The lowest BCUT2D eigenvalue weighted by atomic mass is 10.0. The molecule has 0 radical (unpaired) electrons. The maximum absolute atomic E-state index is 11.2. The fourth-order valence-corrected chi connectivity index (χ4v) is 2.24. The van der Waals surface area contributed by atoms with Crippen molar-refractivity contribution >= 4 is 6.29 Å². The predicted molar refractivity (Wildman–Crippen MR) is 64.3 cm³/mol. The second-order valence-electron chi connectivity index (χ2n) is 4.34. The molecule has 1 aliphatic rings. The van der Waals surface area contributed by atoms with E-state index in [-0.39, 0.29) is 6.04 Å². The lowest BCUT2D eigenvalue weighted by Crippen LogP contribution is -2.50. The molecule has 0 saturated carbocycles. The van der Waals surface area contributed by atoms with Crippen molar-refractivity contribution in [1.29, 1.82) is 0 Å². The molecule has 2 atom stereocenters. The fraction of sp³-hybridized carbons (Fsp3) is 0.462. The molecule has 0 amide bonds. The van der Waals surface area contributed by atoms with E-state index in [0.717, 1.165) is 31.5 Å².